The van der Waals surface area contributed by atoms with Gasteiger partial charge in [-0.2, -0.15) is 0 Å². The molecule has 3 aromatic rings. The average molecular weight is 523 g/mol. The Morgan fingerprint density at radius 2 is 1.50 bits per heavy atom. The first kappa shape index (κ1) is 26.8. The van der Waals surface area contributed by atoms with Gasteiger partial charge in [0.2, 0.25) is 5.75 Å². The standard InChI is InChI=1S/C28H34N4O6/c1-6-37-21-7-9-22(10-8-21)38-19(2)28(33)32-15-13-31(14-16-32)26-12-11-23(29-30-26)20-17-24(34-3)27(36-5)25(18-20)35-4/h7-12,17-19H,6,13-16H2,1-5H3. The van der Waals surface area contributed by atoms with Crippen LogP contribution in [0.4, 0.5) is 5.82 Å². The monoisotopic (exact) mass is 522 g/mol. The number of hydrogen-bond acceptors (Lipinski definition) is 9. The highest BCUT2D eigenvalue weighted by molar-refractivity contribution is 5.81. The molecule has 0 spiro atoms. The topological polar surface area (TPSA) is 95.5 Å². The fraction of sp³-hybridized carbons (Fsp3) is 0.393. The second-order valence-corrected chi connectivity index (χ2v) is 8.67. The van der Waals surface area contributed by atoms with Gasteiger partial charge in [0, 0.05) is 31.7 Å². The Labute approximate surface area is 223 Å². The lowest BCUT2D eigenvalue weighted by Gasteiger charge is -2.36. The first-order chi connectivity index (χ1) is 18.5. The molecule has 2 aromatic carbocycles. The summed E-state index contributed by atoms with van der Waals surface area (Å²) in [7, 11) is 4.72. The summed E-state index contributed by atoms with van der Waals surface area (Å²) in [5.74, 6) is 3.75. The van der Waals surface area contributed by atoms with Crippen molar-refractivity contribution in [2.45, 2.75) is 20.0 Å². The molecule has 1 atom stereocenters. The maximum atomic E-state index is 13.0. The normalized spacial score (nSPS) is 14.0. The van der Waals surface area contributed by atoms with Crippen LogP contribution in [-0.4, -0.2) is 81.2 Å². The van der Waals surface area contributed by atoms with Gasteiger partial charge < -0.3 is 33.5 Å². The van der Waals surface area contributed by atoms with Gasteiger partial charge in [0.05, 0.1) is 33.6 Å². The summed E-state index contributed by atoms with van der Waals surface area (Å²) in [6.07, 6.45) is -0.586. The zero-order valence-electron chi connectivity index (χ0n) is 22.5. The Kier molecular flexibility index (Phi) is 8.73. The van der Waals surface area contributed by atoms with E-state index >= 15 is 0 Å². The highest BCUT2D eigenvalue weighted by atomic mass is 16.5. The van der Waals surface area contributed by atoms with Gasteiger partial charge in [-0.25, -0.2) is 0 Å². The van der Waals surface area contributed by atoms with E-state index in [1.165, 1.54) is 0 Å². The van der Waals surface area contributed by atoms with Gasteiger partial charge in [0.1, 0.15) is 11.5 Å². The quantitative estimate of drug-likeness (QED) is 0.395. The zero-order valence-corrected chi connectivity index (χ0v) is 22.5. The molecule has 1 unspecified atom stereocenters. The van der Waals surface area contributed by atoms with Gasteiger partial charge >= 0.3 is 0 Å². The molecule has 1 amide bonds. The van der Waals surface area contributed by atoms with Gasteiger partial charge in [0.15, 0.2) is 23.4 Å². The highest BCUT2D eigenvalue weighted by Crippen LogP contribution is 2.40. The van der Waals surface area contributed by atoms with Crippen LogP contribution in [0, 0.1) is 0 Å². The lowest BCUT2D eigenvalue weighted by molar-refractivity contribution is -0.138. The van der Waals surface area contributed by atoms with Gasteiger partial charge in [-0.3, -0.25) is 4.79 Å². The number of anilines is 1. The number of ether oxygens (including phenoxy) is 5. The van der Waals surface area contributed by atoms with Crippen LogP contribution in [0.1, 0.15) is 13.8 Å². The summed E-state index contributed by atoms with van der Waals surface area (Å²) in [5, 5.41) is 8.86. The second-order valence-electron chi connectivity index (χ2n) is 8.67. The fourth-order valence-electron chi connectivity index (χ4n) is 4.33. The smallest absolute Gasteiger partial charge is 0.263 e. The summed E-state index contributed by atoms with van der Waals surface area (Å²) in [5.41, 5.74) is 1.48. The second kappa shape index (κ2) is 12.4. The van der Waals surface area contributed by atoms with E-state index in [0.29, 0.717) is 61.5 Å². The average Bonchev–Trinajstić information content (AvgIpc) is 2.97. The van der Waals surface area contributed by atoms with Crippen LogP contribution < -0.4 is 28.6 Å². The molecule has 10 nitrogen and oxygen atoms in total. The Balaban J connectivity index is 1.35. The van der Waals surface area contributed by atoms with Crippen molar-refractivity contribution in [2.24, 2.45) is 0 Å². The minimum Gasteiger partial charge on any atom is -0.494 e. The molecule has 0 radical (unpaired) electrons. The SMILES string of the molecule is CCOc1ccc(OC(C)C(=O)N2CCN(c3ccc(-c4cc(OC)c(OC)c(OC)c4)nn3)CC2)cc1. The van der Waals surface area contributed by atoms with Crippen molar-refractivity contribution >= 4 is 11.7 Å². The Morgan fingerprint density at radius 1 is 0.868 bits per heavy atom. The van der Waals surface area contributed by atoms with Gasteiger partial charge in [-0.15, -0.1) is 10.2 Å². The first-order valence-corrected chi connectivity index (χ1v) is 12.5. The maximum absolute atomic E-state index is 13.0. The molecule has 0 bridgehead atoms. The van der Waals surface area contributed by atoms with Crippen molar-refractivity contribution in [3.05, 3.63) is 48.5 Å². The number of piperazine rings is 1. The third-order valence-electron chi connectivity index (χ3n) is 6.32. The van der Waals surface area contributed by atoms with Gasteiger partial charge in [-0.1, -0.05) is 0 Å². The van der Waals surface area contributed by atoms with Crippen LogP contribution in [0.3, 0.4) is 0 Å². The number of hydrogen-bond donors (Lipinski definition) is 0. The summed E-state index contributed by atoms with van der Waals surface area (Å²) >= 11 is 0. The van der Waals surface area contributed by atoms with Crippen LogP contribution in [0.5, 0.6) is 28.7 Å². The first-order valence-electron chi connectivity index (χ1n) is 12.5. The minimum absolute atomic E-state index is 0.0395. The molecule has 0 saturated carbocycles. The van der Waals surface area contributed by atoms with Crippen LogP contribution in [0.15, 0.2) is 48.5 Å². The number of nitrogens with zero attached hydrogens (tertiary/aromatic N) is 4. The molecule has 1 aliphatic heterocycles. The molecule has 0 aliphatic carbocycles. The van der Waals surface area contributed by atoms with E-state index in [2.05, 4.69) is 15.1 Å². The van der Waals surface area contributed by atoms with Crippen molar-refractivity contribution in [3.63, 3.8) is 0 Å². The summed E-state index contributed by atoms with van der Waals surface area (Å²) in [4.78, 5) is 16.9. The van der Waals surface area contributed by atoms with E-state index in [0.717, 1.165) is 17.1 Å². The Hall–Kier alpha value is -4.21. The summed E-state index contributed by atoms with van der Waals surface area (Å²) < 4.78 is 27.6. The molecule has 1 fully saturated rings. The third kappa shape index (κ3) is 6.01. The molecule has 1 saturated heterocycles. The lowest BCUT2D eigenvalue weighted by Crippen LogP contribution is -2.52. The summed E-state index contributed by atoms with van der Waals surface area (Å²) in [6, 6.07) is 14.8. The van der Waals surface area contributed by atoms with E-state index in [9.17, 15) is 4.79 Å². The molecule has 1 aromatic heterocycles. The number of amides is 1. The van der Waals surface area contributed by atoms with Crippen LogP contribution in [0.25, 0.3) is 11.3 Å². The maximum Gasteiger partial charge on any atom is 0.263 e. The van der Waals surface area contributed by atoms with E-state index in [-0.39, 0.29) is 5.91 Å². The number of carbonyl (C=O) groups is 1. The fourth-order valence-corrected chi connectivity index (χ4v) is 4.33. The Bertz CT molecular complexity index is 1190. The molecule has 0 N–H and O–H groups in total. The number of rotatable bonds is 10. The number of benzene rings is 2. The van der Waals surface area contributed by atoms with E-state index < -0.39 is 6.10 Å². The number of methoxy groups -OCH3 is 3. The van der Waals surface area contributed by atoms with Crippen molar-refractivity contribution in [1.29, 1.82) is 0 Å². The molecule has 202 valence electrons. The molecule has 2 heterocycles. The molecule has 4 rings (SSSR count). The molecule has 1 aliphatic rings. The third-order valence-corrected chi connectivity index (χ3v) is 6.32. The van der Waals surface area contributed by atoms with E-state index in [1.807, 2.05) is 60.4 Å². The van der Waals surface area contributed by atoms with Crippen LogP contribution >= 0.6 is 0 Å². The largest absolute Gasteiger partial charge is 0.494 e. The predicted molar refractivity (Wildman–Crippen MR) is 144 cm³/mol. The molecule has 38 heavy (non-hydrogen) atoms. The molecular formula is C28H34N4O6. The van der Waals surface area contributed by atoms with Crippen molar-refractivity contribution < 1.29 is 28.5 Å². The molecular weight excluding hydrogens is 488 g/mol. The van der Waals surface area contributed by atoms with Gasteiger partial charge in [0.25, 0.3) is 5.91 Å². The van der Waals surface area contributed by atoms with Crippen LogP contribution in [0.2, 0.25) is 0 Å². The minimum atomic E-state index is -0.586. The number of carbonyl (C=O) groups excluding carboxylic acids is 1. The van der Waals surface area contributed by atoms with E-state index in [4.69, 9.17) is 23.7 Å². The van der Waals surface area contributed by atoms with Gasteiger partial charge in [-0.05, 0) is 62.4 Å². The van der Waals surface area contributed by atoms with Crippen LogP contribution in [-0.2, 0) is 4.79 Å². The van der Waals surface area contributed by atoms with Crippen molar-refractivity contribution in [1.82, 2.24) is 15.1 Å². The zero-order chi connectivity index (χ0) is 27.1. The predicted octanol–water partition coefficient (Wildman–Crippen LogP) is 3.68. The van der Waals surface area contributed by atoms with Crippen molar-refractivity contribution in [3.8, 4) is 40.0 Å². The molecule has 10 heteroatoms. The van der Waals surface area contributed by atoms with Crippen molar-refractivity contribution in [2.75, 3.05) is 59.0 Å². The summed E-state index contributed by atoms with van der Waals surface area (Å²) in [6.45, 7) is 6.77. The van der Waals surface area contributed by atoms with E-state index in [1.54, 1.807) is 28.3 Å². The lowest BCUT2D eigenvalue weighted by atomic mass is 10.1. The number of aromatic nitrogens is 2. The Morgan fingerprint density at radius 3 is 2.03 bits per heavy atom. The highest BCUT2D eigenvalue weighted by Gasteiger charge is 2.27.